The quantitative estimate of drug-likeness (QED) is 0.746. The Morgan fingerprint density at radius 1 is 1.29 bits per heavy atom. The molecule has 1 aromatic rings. The van der Waals surface area contributed by atoms with Crippen molar-refractivity contribution < 1.29 is 21.1 Å². The van der Waals surface area contributed by atoms with E-state index in [1.54, 1.807) is 6.20 Å². The zero-order valence-electron chi connectivity index (χ0n) is 8.12. The third-order valence-corrected chi connectivity index (χ3v) is 2.24. The van der Waals surface area contributed by atoms with Crippen LogP contribution in [-0.4, -0.2) is 22.9 Å². The second-order valence-corrected chi connectivity index (χ2v) is 3.28. The molecule has 0 amide bonds. The molecule has 1 aliphatic rings. The molecule has 1 aromatic heterocycles. The maximum absolute atomic E-state index is 4.43. The van der Waals surface area contributed by atoms with Crippen LogP contribution in [0, 0.1) is 0 Å². The van der Waals surface area contributed by atoms with Gasteiger partial charge in [-0.2, -0.15) is 0 Å². The van der Waals surface area contributed by atoms with Gasteiger partial charge in [0.15, 0.2) is 0 Å². The van der Waals surface area contributed by atoms with Crippen molar-refractivity contribution in [3.8, 4) is 0 Å². The van der Waals surface area contributed by atoms with E-state index >= 15 is 0 Å². The van der Waals surface area contributed by atoms with E-state index in [-0.39, 0.29) is 33.1 Å². The minimum absolute atomic E-state index is 0. The Kier molecular flexibility index (Phi) is 3.82. The molecule has 78 valence electrons. The Bertz CT molecular complexity index is 323. The van der Waals surface area contributed by atoms with E-state index in [0.717, 1.165) is 11.5 Å². The Morgan fingerprint density at radius 2 is 2.07 bits per heavy atom. The summed E-state index contributed by atoms with van der Waals surface area (Å²) >= 11 is 0. The molecule has 14 heavy (non-hydrogen) atoms. The van der Waals surface area contributed by atoms with Crippen molar-refractivity contribution in [1.82, 2.24) is 4.98 Å². The first-order chi connectivity index (χ1) is 6.27. The van der Waals surface area contributed by atoms with Crippen molar-refractivity contribution in [3.63, 3.8) is 0 Å². The van der Waals surface area contributed by atoms with Gasteiger partial charge in [0.05, 0.1) is 5.69 Å². The third-order valence-electron chi connectivity index (χ3n) is 2.24. The van der Waals surface area contributed by atoms with E-state index in [1.807, 2.05) is 18.2 Å². The second kappa shape index (κ2) is 4.70. The Hall–Kier alpha value is -0.692. The summed E-state index contributed by atoms with van der Waals surface area (Å²) in [5.41, 5.74) is 0.874. The van der Waals surface area contributed by atoms with Crippen LogP contribution >= 0.6 is 0 Å². The molecule has 0 N–H and O–H groups in total. The van der Waals surface area contributed by atoms with E-state index in [2.05, 4.69) is 29.1 Å². The van der Waals surface area contributed by atoms with Crippen molar-refractivity contribution in [2.45, 2.75) is 25.9 Å². The molecule has 3 nitrogen and oxygen atoms in total. The molecule has 0 saturated heterocycles. The Morgan fingerprint density at radius 3 is 2.57 bits per heavy atom. The van der Waals surface area contributed by atoms with Gasteiger partial charge in [0.25, 0.3) is 0 Å². The van der Waals surface area contributed by atoms with Crippen LogP contribution in [0.1, 0.15) is 19.5 Å². The average Bonchev–Trinajstić information content (AvgIpc) is 2.49. The maximum atomic E-state index is 4.43. The first-order valence-electron chi connectivity index (χ1n) is 4.47. The zero-order chi connectivity index (χ0) is 9.26. The average molecular weight is 369 g/mol. The van der Waals surface area contributed by atoms with Crippen molar-refractivity contribution in [2.75, 3.05) is 0 Å². The van der Waals surface area contributed by atoms with Crippen LogP contribution in [0.3, 0.4) is 0 Å². The molecule has 2 atom stereocenters. The first-order valence-corrected chi connectivity index (χ1v) is 4.47. The maximum Gasteiger partial charge on any atom is 0.0615 e. The van der Waals surface area contributed by atoms with E-state index in [0.29, 0.717) is 0 Å². The molecular formula is C10H12N3Pt-. The van der Waals surface area contributed by atoms with Crippen molar-refractivity contribution in [2.24, 2.45) is 4.99 Å². The number of aromatic nitrogens is 1. The summed E-state index contributed by atoms with van der Waals surface area (Å²) in [7, 11) is 0. The molecule has 0 fully saturated rings. The van der Waals surface area contributed by atoms with E-state index in [4.69, 9.17) is 0 Å². The molecule has 0 spiro atoms. The molecule has 0 aromatic carbocycles. The standard InChI is InChI=1S/C10H12N3.Pt/c1-7-8(2)13-10(12-7)9-5-3-4-6-11-9;/h3-8H,1-2H3;/q-1;. The Balaban J connectivity index is 0.000000980. The van der Waals surface area contributed by atoms with Crippen LogP contribution in [0.4, 0.5) is 0 Å². The molecule has 4 heteroatoms. The van der Waals surface area contributed by atoms with Gasteiger partial charge in [-0.25, -0.2) is 0 Å². The number of nitrogens with zero attached hydrogens (tertiary/aromatic N) is 3. The number of pyridine rings is 1. The fourth-order valence-corrected chi connectivity index (χ4v) is 1.26. The van der Waals surface area contributed by atoms with E-state index in [1.165, 1.54) is 0 Å². The predicted molar refractivity (Wildman–Crippen MR) is 53.1 cm³/mol. The normalized spacial score (nSPS) is 24.9. The minimum Gasteiger partial charge on any atom is -0.461 e. The van der Waals surface area contributed by atoms with Crippen LogP contribution in [0.15, 0.2) is 29.4 Å². The number of amidine groups is 1. The monoisotopic (exact) mass is 369 g/mol. The SMILES string of the molecule is CC1N=C(c2ccccn2)[N-]C1C.[Pt]. The summed E-state index contributed by atoms with van der Waals surface area (Å²) in [4.78, 5) is 8.63. The minimum atomic E-state index is 0. The molecule has 2 unspecified atom stereocenters. The smallest absolute Gasteiger partial charge is 0.0615 e. The molecule has 0 bridgehead atoms. The van der Waals surface area contributed by atoms with Gasteiger partial charge in [0, 0.05) is 27.3 Å². The van der Waals surface area contributed by atoms with Crippen molar-refractivity contribution in [3.05, 3.63) is 35.4 Å². The molecule has 0 radical (unpaired) electrons. The second-order valence-electron chi connectivity index (χ2n) is 3.28. The summed E-state index contributed by atoms with van der Waals surface area (Å²) in [5.74, 6) is 0.792. The summed E-state index contributed by atoms with van der Waals surface area (Å²) in [6.07, 6.45) is 1.76. The fourth-order valence-electron chi connectivity index (χ4n) is 1.26. The summed E-state index contributed by atoms with van der Waals surface area (Å²) in [5, 5.41) is 4.43. The van der Waals surface area contributed by atoms with Crippen LogP contribution in [0.5, 0.6) is 0 Å². The summed E-state index contributed by atoms with van der Waals surface area (Å²) in [6.45, 7) is 4.15. The predicted octanol–water partition coefficient (Wildman–Crippen LogP) is 1.99. The molecular weight excluding hydrogens is 357 g/mol. The van der Waals surface area contributed by atoms with Gasteiger partial charge in [-0.05, 0) is 30.1 Å². The molecule has 0 saturated carbocycles. The van der Waals surface area contributed by atoms with Gasteiger partial charge in [0.1, 0.15) is 0 Å². The van der Waals surface area contributed by atoms with Gasteiger partial charge in [-0.3, -0.25) is 4.98 Å². The van der Waals surface area contributed by atoms with Gasteiger partial charge < -0.3 is 10.3 Å². The first kappa shape index (κ1) is 11.4. The van der Waals surface area contributed by atoms with Crippen LogP contribution in [0.25, 0.3) is 5.32 Å². The van der Waals surface area contributed by atoms with Gasteiger partial charge in [-0.1, -0.05) is 19.9 Å². The molecule has 1 aliphatic heterocycles. The Labute approximate surface area is 98.3 Å². The van der Waals surface area contributed by atoms with Crippen LogP contribution in [0.2, 0.25) is 0 Å². The van der Waals surface area contributed by atoms with Gasteiger partial charge in [0.2, 0.25) is 0 Å². The van der Waals surface area contributed by atoms with Gasteiger partial charge >= 0.3 is 0 Å². The number of hydrogen-bond acceptors (Lipinski definition) is 2. The third kappa shape index (κ3) is 2.21. The van der Waals surface area contributed by atoms with E-state index in [9.17, 15) is 0 Å². The van der Waals surface area contributed by atoms with Crippen molar-refractivity contribution >= 4 is 5.84 Å². The fraction of sp³-hybridized carbons (Fsp3) is 0.400. The molecule has 2 rings (SSSR count). The van der Waals surface area contributed by atoms with Crippen LogP contribution < -0.4 is 0 Å². The zero-order valence-corrected chi connectivity index (χ0v) is 10.4. The molecule has 0 aliphatic carbocycles. The molecule has 2 heterocycles. The number of aliphatic imine (C=N–C) groups is 1. The largest absolute Gasteiger partial charge is 0.461 e. The summed E-state index contributed by atoms with van der Waals surface area (Å²) < 4.78 is 0. The number of rotatable bonds is 1. The van der Waals surface area contributed by atoms with Crippen molar-refractivity contribution in [1.29, 1.82) is 0 Å². The number of hydrogen-bond donors (Lipinski definition) is 0. The summed E-state index contributed by atoms with van der Waals surface area (Å²) in [6, 6.07) is 6.36. The van der Waals surface area contributed by atoms with Gasteiger partial charge in [-0.15, -0.1) is 0 Å². The van der Waals surface area contributed by atoms with E-state index < -0.39 is 0 Å². The topological polar surface area (TPSA) is 39.4 Å². The van der Waals surface area contributed by atoms with Crippen LogP contribution in [-0.2, 0) is 21.1 Å².